The van der Waals surface area contributed by atoms with Gasteiger partial charge in [-0.25, -0.2) is 4.79 Å². The third-order valence-corrected chi connectivity index (χ3v) is 1.66. The van der Waals surface area contributed by atoms with Crippen LogP contribution in [0.15, 0.2) is 37.2 Å². The van der Waals surface area contributed by atoms with Gasteiger partial charge in [-0.15, -0.1) is 6.58 Å². The largest absolute Gasteiger partial charge is 0.480 e. The van der Waals surface area contributed by atoms with E-state index in [2.05, 4.69) is 6.58 Å². The molecule has 1 aromatic rings. The quantitative estimate of drug-likeness (QED) is 0.690. The van der Waals surface area contributed by atoms with E-state index in [1.165, 1.54) is 0 Å². The van der Waals surface area contributed by atoms with Crippen molar-refractivity contribution in [2.24, 2.45) is 0 Å². The standard InChI is InChI=1S/C9H11NO2/c1-2-5-8(9(11)12)10-6-3-4-7-10/h2-4,6-8H,1,5H2,(H,11,12). The molecular formula is C9H11NO2. The van der Waals surface area contributed by atoms with Gasteiger partial charge < -0.3 is 9.67 Å². The maximum atomic E-state index is 10.7. The second kappa shape index (κ2) is 3.76. The number of carboxylic acids is 1. The highest BCUT2D eigenvalue weighted by atomic mass is 16.4. The van der Waals surface area contributed by atoms with E-state index in [1.54, 1.807) is 35.2 Å². The van der Waals surface area contributed by atoms with Crippen molar-refractivity contribution in [2.75, 3.05) is 0 Å². The fraction of sp³-hybridized carbons (Fsp3) is 0.222. The van der Waals surface area contributed by atoms with Crippen LogP contribution in [0.3, 0.4) is 0 Å². The Morgan fingerprint density at radius 2 is 2.17 bits per heavy atom. The minimum atomic E-state index is -0.828. The molecule has 1 heterocycles. The summed E-state index contributed by atoms with van der Waals surface area (Å²) in [6, 6.07) is 3.09. The van der Waals surface area contributed by atoms with Crippen molar-refractivity contribution in [2.45, 2.75) is 12.5 Å². The molecule has 0 aliphatic heterocycles. The van der Waals surface area contributed by atoms with E-state index < -0.39 is 12.0 Å². The van der Waals surface area contributed by atoms with Gasteiger partial charge in [-0.1, -0.05) is 6.08 Å². The van der Waals surface area contributed by atoms with Gasteiger partial charge >= 0.3 is 5.97 Å². The van der Waals surface area contributed by atoms with Gasteiger partial charge in [0, 0.05) is 12.4 Å². The molecule has 0 saturated carbocycles. The van der Waals surface area contributed by atoms with Crippen molar-refractivity contribution >= 4 is 5.97 Å². The van der Waals surface area contributed by atoms with Crippen LogP contribution in [-0.2, 0) is 4.79 Å². The van der Waals surface area contributed by atoms with Crippen LogP contribution in [-0.4, -0.2) is 15.6 Å². The molecule has 0 spiro atoms. The zero-order valence-electron chi connectivity index (χ0n) is 6.68. The van der Waals surface area contributed by atoms with Crippen LogP contribution in [0.2, 0.25) is 0 Å². The second-order valence-corrected chi connectivity index (χ2v) is 2.51. The zero-order chi connectivity index (χ0) is 8.97. The third kappa shape index (κ3) is 1.75. The topological polar surface area (TPSA) is 42.2 Å². The first-order valence-corrected chi connectivity index (χ1v) is 3.72. The fourth-order valence-corrected chi connectivity index (χ4v) is 1.06. The highest BCUT2D eigenvalue weighted by molar-refractivity contribution is 5.72. The van der Waals surface area contributed by atoms with Gasteiger partial charge in [-0.2, -0.15) is 0 Å². The van der Waals surface area contributed by atoms with Gasteiger partial charge in [0.1, 0.15) is 6.04 Å². The number of hydrogen-bond acceptors (Lipinski definition) is 1. The predicted octanol–water partition coefficient (Wildman–Crippen LogP) is 1.69. The van der Waals surface area contributed by atoms with Crippen LogP contribution in [0.4, 0.5) is 0 Å². The molecular weight excluding hydrogens is 154 g/mol. The molecule has 1 rings (SSSR count). The number of rotatable bonds is 4. The molecule has 3 heteroatoms. The lowest BCUT2D eigenvalue weighted by atomic mass is 10.2. The molecule has 0 saturated heterocycles. The average Bonchev–Trinajstić information content (AvgIpc) is 2.51. The van der Waals surface area contributed by atoms with Gasteiger partial charge in [0.05, 0.1) is 0 Å². The maximum Gasteiger partial charge on any atom is 0.326 e. The highest BCUT2D eigenvalue weighted by Crippen LogP contribution is 2.11. The van der Waals surface area contributed by atoms with Crippen molar-refractivity contribution < 1.29 is 9.90 Å². The second-order valence-electron chi connectivity index (χ2n) is 2.51. The van der Waals surface area contributed by atoms with Crippen molar-refractivity contribution in [3.63, 3.8) is 0 Å². The molecule has 1 N–H and O–H groups in total. The summed E-state index contributed by atoms with van der Waals surface area (Å²) in [7, 11) is 0. The molecule has 0 aliphatic rings. The first-order chi connectivity index (χ1) is 5.75. The van der Waals surface area contributed by atoms with Gasteiger partial charge in [-0.3, -0.25) is 0 Å². The van der Waals surface area contributed by atoms with E-state index in [1.807, 2.05) is 0 Å². The number of allylic oxidation sites excluding steroid dienone is 1. The lowest BCUT2D eigenvalue weighted by Crippen LogP contribution is -2.16. The third-order valence-electron chi connectivity index (χ3n) is 1.66. The van der Waals surface area contributed by atoms with Crippen molar-refractivity contribution in [1.82, 2.24) is 4.57 Å². The van der Waals surface area contributed by atoms with Crippen molar-refractivity contribution in [3.8, 4) is 0 Å². The molecule has 3 nitrogen and oxygen atoms in total. The summed E-state index contributed by atoms with van der Waals surface area (Å²) in [4.78, 5) is 10.7. The Balaban J connectivity index is 2.80. The van der Waals surface area contributed by atoms with E-state index in [9.17, 15) is 4.79 Å². The Morgan fingerprint density at radius 3 is 2.58 bits per heavy atom. The van der Waals surface area contributed by atoms with Gasteiger partial charge in [0.2, 0.25) is 0 Å². The number of carbonyl (C=O) groups is 1. The van der Waals surface area contributed by atoms with Crippen molar-refractivity contribution in [1.29, 1.82) is 0 Å². The number of nitrogens with zero attached hydrogens (tertiary/aromatic N) is 1. The molecule has 12 heavy (non-hydrogen) atoms. The van der Waals surface area contributed by atoms with E-state index in [-0.39, 0.29) is 0 Å². The fourth-order valence-electron chi connectivity index (χ4n) is 1.06. The van der Waals surface area contributed by atoms with Gasteiger partial charge in [0.15, 0.2) is 0 Å². The molecule has 0 aromatic carbocycles. The Bertz CT molecular complexity index is 264. The molecule has 0 radical (unpaired) electrons. The van der Waals surface area contributed by atoms with Crippen LogP contribution in [0.5, 0.6) is 0 Å². The number of hydrogen-bond donors (Lipinski definition) is 1. The van der Waals surface area contributed by atoms with E-state index in [4.69, 9.17) is 5.11 Å². The first-order valence-electron chi connectivity index (χ1n) is 3.72. The number of aromatic nitrogens is 1. The Hall–Kier alpha value is -1.51. The minimum absolute atomic E-state index is 0.448. The molecule has 1 atom stereocenters. The number of aliphatic carboxylic acids is 1. The molecule has 64 valence electrons. The zero-order valence-corrected chi connectivity index (χ0v) is 6.68. The average molecular weight is 165 g/mol. The summed E-state index contributed by atoms with van der Waals surface area (Å²) >= 11 is 0. The van der Waals surface area contributed by atoms with Crippen LogP contribution < -0.4 is 0 Å². The lowest BCUT2D eigenvalue weighted by molar-refractivity contribution is -0.140. The van der Waals surface area contributed by atoms with E-state index in [0.717, 1.165) is 0 Å². The van der Waals surface area contributed by atoms with Crippen LogP contribution in [0.1, 0.15) is 12.5 Å². The van der Waals surface area contributed by atoms with Gasteiger partial charge in [0.25, 0.3) is 0 Å². The summed E-state index contributed by atoms with van der Waals surface area (Å²) in [5.74, 6) is -0.828. The first kappa shape index (κ1) is 8.59. The summed E-state index contributed by atoms with van der Waals surface area (Å²) in [6.07, 6.45) is 5.54. The number of carboxylic acid groups (broad SMARTS) is 1. The monoisotopic (exact) mass is 165 g/mol. The summed E-state index contributed by atoms with van der Waals surface area (Å²) in [5.41, 5.74) is 0. The Kier molecular flexibility index (Phi) is 2.69. The lowest BCUT2D eigenvalue weighted by Gasteiger charge is -2.11. The molecule has 0 aliphatic carbocycles. The summed E-state index contributed by atoms with van der Waals surface area (Å²) < 4.78 is 1.66. The van der Waals surface area contributed by atoms with Crippen LogP contribution in [0.25, 0.3) is 0 Å². The van der Waals surface area contributed by atoms with Gasteiger partial charge in [-0.05, 0) is 18.6 Å². The highest BCUT2D eigenvalue weighted by Gasteiger charge is 2.15. The summed E-state index contributed by atoms with van der Waals surface area (Å²) in [5, 5.41) is 8.81. The van der Waals surface area contributed by atoms with Crippen LogP contribution >= 0.6 is 0 Å². The minimum Gasteiger partial charge on any atom is -0.480 e. The van der Waals surface area contributed by atoms with E-state index in [0.29, 0.717) is 6.42 Å². The molecule has 0 bridgehead atoms. The SMILES string of the molecule is C=CCC(C(=O)O)n1cccc1. The summed E-state index contributed by atoms with van der Waals surface area (Å²) in [6.45, 7) is 3.52. The molecule has 0 amide bonds. The predicted molar refractivity (Wildman–Crippen MR) is 45.9 cm³/mol. The van der Waals surface area contributed by atoms with Crippen molar-refractivity contribution in [3.05, 3.63) is 37.2 Å². The van der Waals surface area contributed by atoms with Crippen LogP contribution in [0, 0.1) is 0 Å². The normalized spacial score (nSPS) is 12.3. The molecule has 0 fully saturated rings. The Labute approximate surface area is 70.9 Å². The molecule has 1 unspecified atom stereocenters. The Morgan fingerprint density at radius 1 is 1.58 bits per heavy atom. The maximum absolute atomic E-state index is 10.7. The molecule has 1 aromatic heterocycles. The smallest absolute Gasteiger partial charge is 0.326 e. The van der Waals surface area contributed by atoms with E-state index >= 15 is 0 Å².